The van der Waals surface area contributed by atoms with Crippen LogP contribution < -0.4 is 15.0 Å². The number of fused-ring (bicyclic) bond motifs is 1. The van der Waals surface area contributed by atoms with Crippen molar-refractivity contribution in [2.75, 3.05) is 31.2 Å². The predicted octanol–water partition coefficient (Wildman–Crippen LogP) is 3.73. The highest BCUT2D eigenvalue weighted by Gasteiger charge is 2.25. The van der Waals surface area contributed by atoms with Gasteiger partial charge in [-0.1, -0.05) is 0 Å². The van der Waals surface area contributed by atoms with Crippen LogP contribution in [-0.4, -0.2) is 54.3 Å². The average Bonchev–Trinajstić information content (AvgIpc) is 2.86. The molecule has 0 radical (unpaired) electrons. The maximum atomic E-state index is 13.1. The van der Waals surface area contributed by atoms with Gasteiger partial charge in [0.2, 0.25) is 5.88 Å². The van der Waals surface area contributed by atoms with E-state index < -0.39 is 0 Å². The second kappa shape index (κ2) is 9.70. The fourth-order valence-electron chi connectivity index (χ4n) is 4.43. The number of hydrogen-bond acceptors (Lipinski definition) is 6. The third kappa shape index (κ3) is 5.06. The lowest BCUT2D eigenvalue weighted by Crippen LogP contribution is -2.39. The van der Waals surface area contributed by atoms with Crippen molar-refractivity contribution in [1.29, 1.82) is 0 Å². The Bertz CT molecular complexity index is 1110. The van der Waals surface area contributed by atoms with E-state index in [0.29, 0.717) is 24.7 Å². The van der Waals surface area contributed by atoms with Crippen LogP contribution in [0, 0.1) is 5.82 Å². The summed E-state index contributed by atoms with van der Waals surface area (Å²) in [6, 6.07) is 11.6. The summed E-state index contributed by atoms with van der Waals surface area (Å²) in [5, 5.41) is 3.96. The van der Waals surface area contributed by atoms with Crippen LogP contribution in [0.2, 0.25) is 0 Å². The Morgan fingerprint density at radius 3 is 2.61 bits per heavy atom. The molecule has 0 bridgehead atoms. The first-order chi connectivity index (χ1) is 16.2. The molecule has 0 atom stereocenters. The summed E-state index contributed by atoms with van der Waals surface area (Å²) < 4.78 is 25.0. The van der Waals surface area contributed by atoms with Gasteiger partial charge in [0.25, 0.3) is 5.91 Å². The number of morpholine rings is 1. The summed E-state index contributed by atoms with van der Waals surface area (Å²) in [5.74, 6) is 0.954. The van der Waals surface area contributed by atoms with Crippen molar-refractivity contribution in [2.24, 2.45) is 0 Å². The molecule has 1 aromatic carbocycles. The second-order valence-electron chi connectivity index (χ2n) is 8.53. The largest absolute Gasteiger partial charge is 0.474 e. The topological polar surface area (TPSA) is 76.6 Å². The molecule has 1 N–H and O–H groups in total. The highest BCUT2D eigenvalue weighted by molar-refractivity contribution is 5.94. The standard InChI is InChI=1S/C25H27FN4O3/c26-18-5-3-17(4-6-18)24(31)28-19-7-9-20(10-8-19)33-25-21-2-1-11-27-22(21)16-23(29-25)30-12-14-32-15-13-30/h1-6,11,16,19-20H,7-10,12-15H2,(H,28,31). The number of rotatable bonds is 5. The molecule has 1 saturated heterocycles. The van der Waals surface area contributed by atoms with Crippen LogP contribution in [0.1, 0.15) is 36.0 Å². The third-order valence-corrected chi connectivity index (χ3v) is 6.28. The Morgan fingerprint density at radius 1 is 1.09 bits per heavy atom. The molecular weight excluding hydrogens is 423 g/mol. The first-order valence-electron chi connectivity index (χ1n) is 11.5. The molecule has 7 nitrogen and oxygen atoms in total. The quantitative estimate of drug-likeness (QED) is 0.639. The summed E-state index contributed by atoms with van der Waals surface area (Å²) >= 11 is 0. The minimum absolute atomic E-state index is 0.0276. The van der Waals surface area contributed by atoms with Crippen molar-refractivity contribution in [3.05, 3.63) is 60.0 Å². The molecule has 8 heteroatoms. The zero-order valence-electron chi connectivity index (χ0n) is 18.4. The molecule has 2 aliphatic rings. The zero-order chi connectivity index (χ0) is 22.6. The number of anilines is 1. The van der Waals surface area contributed by atoms with Gasteiger partial charge in [-0.2, -0.15) is 4.98 Å². The van der Waals surface area contributed by atoms with E-state index in [-0.39, 0.29) is 23.9 Å². The summed E-state index contributed by atoms with van der Waals surface area (Å²) in [6.45, 7) is 2.96. The van der Waals surface area contributed by atoms with Crippen LogP contribution in [-0.2, 0) is 4.74 Å². The number of hydrogen-bond donors (Lipinski definition) is 1. The third-order valence-electron chi connectivity index (χ3n) is 6.28. The number of pyridine rings is 2. The lowest BCUT2D eigenvalue weighted by Gasteiger charge is -2.31. The molecule has 1 amide bonds. The van der Waals surface area contributed by atoms with Crippen LogP contribution in [0.5, 0.6) is 5.88 Å². The normalized spacial score (nSPS) is 21.1. The molecule has 1 saturated carbocycles. The van der Waals surface area contributed by atoms with Crippen molar-refractivity contribution in [3.63, 3.8) is 0 Å². The lowest BCUT2D eigenvalue weighted by atomic mass is 9.92. The second-order valence-corrected chi connectivity index (χ2v) is 8.53. The molecule has 3 heterocycles. The predicted molar refractivity (Wildman–Crippen MR) is 123 cm³/mol. The average molecular weight is 451 g/mol. The smallest absolute Gasteiger partial charge is 0.251 e. The van der Waals surface area contributed by atoms with Crippen LogP contribution in [0.4, 0.5) is 10.2 Å². The molecule has 2 aromatic heterocycles. The molecule has 33 heavy (non-hydrogen) atoms. The van der Waals surface area contributed by atoms with Crippen molar-refractivity contribution >= 4 is 22.6 Å². The Labute approximate surface area is 191 Å². The summed E-state index contributed by atoms with van der Waals surface area (Å²) in [6.07, 6.45) is 5.08. The number of aromatic nitrogens is 2. The highest BCUT2D eigenvalue weighted by Crippen LogP contribution is 2.31. The number of halogens is 1. The van der Waals surface area contributed by atoms with E-state index >= 15 is 0 Å². The number of carbonyl (C=O) groups is 1. The van der Waals surface area contributed by atoms with E-state index in [4.69, 9.17) is 14.5 Å². The molecule has 0 unspecified atom stereocenters. The minimum atomic E-state index is -0.349. The summed E-state index contributed by atoms with van der Waals surface area (Å²) in [7, 11) is 0. The number of amides is 1. The van der Waals surface area contributed by atoms with E-state index in [0.717, 1.165) is 55.5 Å². The van der Waals surface area contributed by atoms with Gasteiger partial charge in [-0.05, 0) is 62.1 Å². The SMILES string of the molecule is O=C(NC1CCC(Oc2nc(N3CCOCC3)cc3ncccc23)CC1)c1ccc(F)cc1. The minimum Gasteiger partial charge on any atom is -0.474 e. The molecule has 172 valence electrons. The first kappa shape index (κ1) is 21.6. The number of benzene rings is 1. The van der Waals surface area contributed by atoms with Crippen LogP contribution >= 0.6 is 0 Å². The van der Waals surface area contributed by atoms with E-state index in [1.54, 1.807) is 6.20 Å². The first-order valence-corrected chi connectivity index (χ1v) is 11.5. The van der Waals surface area contributed by atoms with Gasteiger partial charge in [0, 0.05) is 37.0 Å². The van der Waals surface area contributed by atoms with Crippen molar-refractivity contribution in [3.8, 4) is 5.88 Å². The monoisotopic (exact) mass is 450 g/mol. The number of ether oxygens (including phenoxy) is 2. The van der Waals surface area contributed by atoms with Gasteiger partial charge in [0.15, 0.2) is 0 Å². The van der Waals surface area contributed by atoms with Gasteiger partial charge in [-0.15, -0.1) is 0 Å². The lowest BCUT2D eigenvalue weighted by molar-refractivity contribution is 0.0891. The van der Waals surface area contributed by atoms with Gasteiger partial charge in [0.1, 0.15) is 17.7 Å². The molecule has 3 aromatic rings. The van der Waals surface area contributed by atoms with Gasteiger partial charge in [-0.3, -0.25) is 9.78 Å². The van der Waals surface area contributed by atoms with E-state index in [9.17, 15) is 9.18 Å². The Hall–Kier alpha value is -3.26. The Kier molecular flexibility index (Phi) is 6.35. The van der Waals surface area contributed by atoms with E-state index in [1.165, 1.54) is 24.3 Å². The van der Waals surface area contributed by atoms with Crippen LogP contribution in [0.25, 0.3) is 10.9 Å². The van der Waals surface area contributed by atoms with Gasteiger partial charge in [-0.25, -0.2) is 4.39 Å². The summed E-state index contributed by atoms with van der Waals surface area (Å²) in [4.78, 5) is 24.0. The maximum Gasteiger partial charge on any atom is 0.251 e. The molecule has 1 aliphatic heterocycles. The number of carbonyl (C=O) groups excluding carboxylic acids is 1. The zero-order valence-corrected chi connectivity index (χ0v) is 18.4. The fourth-order valence-corrected chi connectivity index (χ4v) is 4.43. The maximum absolute atomic E-state index is 13.1. The van der Waals surface area contributed by atoms with Crippen LogP contribution in [0.3, 0.4) is 0 Å². The Morgan fingerprint density at radius 2 is 1.85 bits per heavy atom. The fraction of sp³-hybridized carbons (Fsp3) is 0.400. The summed E-state index contributed by atoms with van der Waals surface area (Å²) in [5.41, 5.74) is 1.34. The van der Waals surface area contributed by atoms with Crippen molar-refractivity contribution < 1.29 is 18.7 Å². The number of nitrogens with one attached hydrogen (secondary N) is 1. The molecule has 0 spiro atoms. The molecule has 5 rings (SSSR count). The molecular formula is C25H27FN4O3. The highest BCUT2D eigenvalue weighted by atomic mass is 19.1. The molecule has 2 fully saturated rings. The van der Waals surface area contributed by atoms with E-state index in [2.05, 4.69) is 15.2 Å². The van der Waals surface area contributed by atoms with Crippen molar-refractivity contribution in [1.82, 2.24) is 15.3 Å². The van der Waals surface area contributed by atoms with Gasteiger partial charge < -0.3 is 19.7 Å². The van der Waals surface area contributed by atoms with Gasteiger partial charge in [0.05, 0.1) is 24.1 Å². The van der Waals surface area contributed by atoms with Gasteiger partial charge >= 0.3 is 0 Å². The number of nitrogens with zero attached hydrogens (tertiary/aromatic N) is 3. The Balaban J connectivity index is 1.24. The molecule has 1 aliphatic carbocycles. The van der Waals surface area contributed by atoms with Crippen LogP contribution in [0.15, 0.2) is 48.7 Å². The van der Waals surface area contributed by atoms with Crippen molar-refractivity contribution in [2.45, 2.75) is 37.8 Å². The van der Waals surface area contributed by atoms with E-state index in [1.807, 2.05) is 18.2 Å².